The second-order valence-corrected chi connectivity index (χ2v) is 7.84. The molecule has 1 saturated heterocycles. The first-order valence-corrected chi connectivity index (χ1v) is 9.05. The van der Waals surface area contributed by atoms with E-state index in [1.807, 2.05) is 6.07 Å². The molecule has 4 rings (SSSR count). The van der Waals surface area contributed by atoms with Crippen LogP contribution >= 0.6 is 0 Å². The number of likely N-dealkylation sites (tertiary alicyclic amines) is 1. The van der Waals surface area contributed by atoms with Gasteiger partial charge in [-0.3, -0.25) is 0 Å². The molecule has 1 aromatic carbocycles. The van der Waals surface area contributed by atoms with E-state index >= 15 is 0 Å². The first kappa shape index (κ1) is 16.2. The summed E-state index contributed by atoms with van der Waals surface area (Å²) in [5, 5.41) is 19.7. The molecule has 0 spiro atoms. The summed E-state index contributed by atoms with van der Waals surface area (Å²) in [4.78, 5) is 2.51. The third-order valence-corrected chi connectivity index (χ3v) is 5.78. The van der Waals surface area contributed by atoms with Crippen LogP contribution in [0.5, 0.6) is 11.5 Å². The van der Waals surface area contributed by atoms with Gasteiger partial charge in [-0.05, 0) is 54.7 Å². The molecule has 2 N–H and O–H groups in total. The Bertz CT molecular complexity index is 575. The van der Waals surface area contributed by atoms with Crippen LogP contribution in [0.2, 0.25) is 0 Å². The summed E-state index contributed by atoms with van der Waals surface area (Å²) in [5.41, 5.74) is 1.29. The van der Waals surface area contributed by atoms with Crippen LogP contribution in [0.1, 0.15) is 25.3 Å². The van der Waals surface area contributed by atoms with Crippen molar-refractivity contribution in [2.45, 2.75) is 38.4 Å². The van der Waals surface area contributed by atoms with Crippen molar-refractivity contribution in [2.75, 3.05) is 26.4 Å². The topological polar surface area (TPSA) is 62.2 Å². The van der Waals surface area contributed by atoms with Crippen molar-refractivity contribution in [1.29, 1.82) is 0 Å². The molecule has 3 aliphatic rings. The van der Waals surface area contributed by atoms with Gasteiger partial charge in [-0.25, -0.2) is 0 Å². The lowest BCUT2D eigenvalue weighted by Gasteiger charge is -2.32. The van der Waals surface area contributed by atoms with Gasteiger partial charge < -0.3 is 24.6 Å². The zero-order valence-corrected chi connectivity index (χ0v) is 14.2. The fraction of sp³-hybridized carbons (Fsp3) is 0.684. The smallest absolute Gasteiger partial charge is 0.231 e. The van der Waals surface area contributed by atoms with E-state index < -0.39 is 12.2 Å². The monoisotopic (exact) mass is 333 g/mol. The Morgan fingerprint density at radius 2 is 1.75 bits per heavy atom. The average molecular weight is 333 g/mol. The summed E-state index contributed by atoms with van der Waals surface area (Å²) in [6, 6.07) is 6.22. The van der Waals surface area contributed by atoms with Crippen LogP contribution in [0.25, 0.3) is 0 Å². The molecule has 2 aliphatic heterocycles. The van der Waals surface area contributed by atoms with Crippen molar-refractivity contribution in [2.24, 2.45) is 17.8 Å². The molecule has 0 bridgehead atoms. The maximum atomic E-state index is 9.87. The van der Waals surface area contributed by atoms with Gasteiger partial charge in [0.05, 0.1) is 12.2 Å². The molecule has 0 unspecified atom stereocenters. The molecule has 24 heavy (non-hydrogen) atoms. The third-order valence-electron chi connectivity index (χ3n) is 5.78. The quantitative estimate of drug-likeness (QED) is 0.877. The maximum absolute atomic E-state index is 9.87. The van der Waals surface area contributed by atoms with Gasteiger partial charge in [0.1, 0.15) is 0 Å². The van der Waals surface area contributed by atoms with Gasteiger partial charge in [0.2, 0.25) is 6.79 Å². The van der Waals surface area contributed by atoms with Crippen LogP contribution in [-0.4, -0.2) is 53.7 Å². The summed E-state index contributed by atoms with van der Waals surface area (Å²) < 4.78 is 10.8. The van der Waals surface area contributed by atoms with E-state index in [0.29, 0.717) is 24.5 Å². The van der Waals surface area contributed by atoms with E-state index in [0.717, 1.165) is 50.4 Å². The van der Waals surface area contributed by atoms with E-state index in [-0.39, 0.29) is 0 Å². The zero-order valence-electron chi connectivity index (χ0n) is 14.2. The highest BCUT2D eigenvalue weighted by atomic mass is 16.7. The number of fused-ring (bicyclic) bond motifs is 2. The van der Waals surface area contributed by atoms with Crippen LogP contribution < -0.4 is 9.47 Å². The Balaban J connectivity index is 1.31. The molecule has 2 heterocycles. The van der Waals surface area contributed by atoms with E-state index in [2.05, 4.69) is 24.0 Å². The predicted octanol–water partition coefficient (Wildman–Crippen LogP) is 1.66. The molecule has 1 aromatic rings. The SMILES string of the molecule is C[C@H](Cc1ccc2c(c1)OCO2)CN1C[C@H]2C[C@H](O)[C@H](O)C[C@H]2C1. The van der Waals surface area contributed by atoms with Gasteiger partial charge >= 0.3 is 0 Å². The third kappa shape index (κ3) is 3.25. The van der Waals surface area contributed by atoms with E-state index in [4.69, 9.17) is 9.47 Å². The number of benzene rings is 1. The molecular weight excluding hydrogens is 306 g/mol. The molecule has 1 aliphatic carbocycles. The van der Waals surface area contributed by atoms with Gasteiger partial charge in [0.25, 0.3) is 0 Å². The van der Waals surface area contributed by atoms with E-state index in [1.165, 1.54) is 5.56 Å². The maximum Gasteiger partial charge on any atom is 0.231 e. The van der Waals surface area contributed by atoms with Crippen LogP contribution in [0.3, 0.4) is 0 Å². The fourth-order valence-corrected chi connectivity index (χ4v) is 4.63. The van der Waals surface area contributed by atoms with Crippen molar-refractivity contribution >= 4 is 0 Å². The Morgan fingerprint density at radius 1 is 1.08 bits per heavy atom. The summed E-state index contributed by atoms with van der Waals surface area (Å²) in [6.45, 7) is 5.78. The molecule has 0 aromatic heterocycles. The van der Waals surface area contributed by atoms with Crippen LogP contribution in [-0.2, 0) is 6.42 Å². The molecule has 5 nitrogen and oxygen atoms in total. The van der Waals surface area contributed by atoms with Gasteiger partial charge in [-0.15, -0.1) is 0 Å². The van der Waals surface area contributed by atoms with Crippen LogP contribution in [0.4, 0.5) is 0 Å². The highest BCUT2D eigenvalue weighted by Crippen LogP contribution is 2.37. The Morgan fingerprint density at radius 3 is 2.46 bits per heavy atom. The molecule has 5 atom stereocenters. The number of aliphatic hydroxyl groups excluding tert-OH is 2. The summed E-state index contributed by atoms with van der Waals surface area (Å²) >= 11 is 0. The lowest BCUT2D eigenvalue weighted by atomic mass is 9.79. The number of rotatable bonds is 4. The van der Waals surface area contributed by atoms with E-state index in [9.17, 15) is 10.2 Å². The standard InChI is InChI=1S/C19H27NO4/c1-12(4-13-2-3-18-19(5-13)24-11-23-18)8-20-9-14-6-16(21)17(22)7-15(14)10-20/h2-3,5,12,14-17,21-22H,4,6-11H2,1H3/t12-,14-,15+,16+,17-/m1/s1. The highest BCUT2D eigenvalue weighted by Gasteiger charge is 2.41. The summed E-state index contributed by atoms with van der Waals surface area (Å²) in [6.07, 6.45) is 1.46. The number of nitrogens with zero attached hydrogens (tertiary/aromatic N) is 1. The molecule has 5 heteroatoms. The molecular formula is C19H27NO4. The minimum Gasteiger partial charge on any atom is -0.454 e. The van der Waals surface area contributed by atoms with Crippen molar-refractivity contribution in [3.05, 3.63) is 23.8 Å². The molecule has 0 radical (unpaired) electrons. The first-order valence-electron chi connectivity index (χ1n) is 9.05. The van der Waals surface area contributed by atoms with E-state index in [1.54, 1.807) is 0 Å². The zero-order chi connectivity index (χ0) is 16.7. The summed E-state index contributed by atoms with van der Waals surface area (Å²) in [7, 11) is 0. The minimum atomic E-state index is -0.530. The Hall–Kier alpha value is -1.30. The number of hydrogen-bond donors (Lipinski definition) is 2. The predicted molar refractivity (Wildman–Crippen MR) is 90.1 cm³/mol. The second kappa shape index (κ2) is 6.54. The van der Waals surface area contributed by atoms with Gasteiger partial charge in [-0.1, -0.05) is 13.0 Å². The van der Waals surface area contributed by atoms with Crippen molar-refractivity contribution in [3.8, 4) is 11.5 Å². The largest absolute Gasteiger partial charge is 0.454 e. The Labute approximate surface area is 143 Å². The van der Waals surface area contributed by atoms with Gasteiger partial charge in [0, 0.05) is 19.6 Å². The number of ether oxygens (including phenoxy) is 2. The fourth-order valence-electron chi connectivity index (χ4n) is 4.63. The number of hydrogen-bond acceptors (Lipinski definition) is 5. The lowest BCUT2D eigenvalue weighted by Crippen LogP contribution is -2.38. The Kier molecular flexibility index (Phi) is 4.41. The van der Waals surface area contributed by atoms with Crippen LogP contribution in [0.15, 0.2) is 18.2 Å². The number of aliphatic hydroxyl groups is 2. The highest BCUT2D eigenvalue weighted by molar-refractivity contribution is 5.44. The summed E-state index contributed by atoms with van der Waals surface area (Å²) in [5.74, 6) is 3.34. The normalized spacial score (nSPS) is 33.5. The van der Waals surface area contributed by atoms with Crippen molar-refractivity contribution in [3.63, 3.8) is 0 Å². The molecule has 1 saturated carbocycles. The molecule has 0 amide bonds. The lowest BCUT2D eigenvalue weighted by molar-refractivity contribution is -0.0372. The van der Waals surface area contributed by atoms with Crippen molar-refractivity contribution in [1.82, 2.24) is 4.90 Å². The second-order valence-electron chi connectivity index (χ2n) is 7.84. The molecule has 2 fully saturated rings. The van der Waals surface area contributed by atoms with Crippen molar-refractivity contribution < 1.29 is 19.7 Å². The van der Waals surface area contributed by atoms with Gasteiger partial charge in [-0.2, -0.15) is 0 Å². The first-order chi connectivity index (χ1) is 11.6. The van der Waals surface area contributed by atoms with Crippen LogP contribution in [0, 0.1) is 17.8 Å². The van der Waals surface area contributed by atoms with Gasteiger partial charge in [0.15, 0.2) is 11.5 Å². The minimum absolute atomic E-state index is 0.322. The average Bonchev–Trinajstić information content (AvgIpc) is 3.13. The molecule has 132 valence electrons.